The molecular formula is C37H62O13. The molecule has 0 aromatic heterocycles. The number of allylic oxidation sites excluding steroid dienone is 1. The van der Waals surface area contributed by atoms with Crippen LogP contribution in [0.2, 0.25) is 0 Å². The van der Waals surface area contributed by atoms with Gasteiger partial charge in [0.1, 0.15) is 36.6 Å². The average molecular weight is 715 g/mol. The summed E-state index contributed by atoms with van der Waals surface area (Å²) in [5.74, 6) is -0.657. The van der Waals surface area contributed by atoms with Crippen molar-refractivity contribution in [2.45, 2.75) is 159 Å². The summed E-state index contributed by atoms with van der Waals surface area (Å²) >= 11 is 0. The zero-order valence-electron chi connectivity index (χ0n) is 30.1. The number of aliphatic hydroxyl groups is 9. The fourth-order valence-corrected chi connectivity index (χ4v) is 11.4. The van der Waals surface area contributed by atoms with Crippen molar-refractivity contribution >= 4 is 0 Å². The third-order valence-electron chi connectivity index (χ3n) is 14.1. The quantitative estimate of drug-likeness (QED) is 0.121. The Kier molecular flexibility index (Phi) is 11.3. The van der Waals surface area contributed by atoms with E-state index in [1.54, 1.807) is 0 Å². The Morgan fingerprint density at radius 1 is 0.700 bits per heavy atom. The van der Waals surface area contributed by atoms with Gasteiger partial charge in [-0.15, -0.1) is 0 Å². The van der Waals surface area contributed by atoms with Crippen LogP contribution in [0, 0.1) is 46.3 Å². The zero-order valence-corrected chi connectivity index (χ0v) is 30.1. The monoisotopic (exact) mass is 714 g/mol. The Morgan fingerprint density at radius 3 is 1.94 bits per heavy atom. The standard InChI is InChI=1S/C37H62O13/c1-17(2)26(50-34-31(45)29(43)25(41)16-48-34)7-6-18(3)20-13-22(38)32-36(20,5)11-9-27-35(4)10-8-19(12-21(35)23(39)14-37(27,32)46)49-33-30(44)28(42)24(40)15-47-33/h6-7,17-34,38-46H,8-16H2,1-5H3/b7-6+/t18-,19+,20-,21-,22-,23+,24-,25-,26+,27-,28+,29+,30-,31-,32-,33+,34+,35+,36-,37+/m1/s1. The van der Waals surface area contributed by atoms with Gasteiger partial charge in [0.15, 0.2) is 12.6 Å². The van der Waals surface area contributed by atoms with Crippen LogP contribution >= 0.6 is 0 Å². The minimum absolute atomic E-state index is 0.00989. The third-order valence-corrected chi connectivity index (χ3v) is 14.1. The van der Waals surface area contributed by atoms with Gasteiger partial charge in [-0.1, -0.05) is 46.8 Å². The molecule has 0 unspecified atom stereocenters. The van der Waals surface area contributed by atoms with Gasteiger partial charge in [-0.3, -0.25) is 0 Å². The second-order valence-corrected chi connectivity index (χ2v) is 17.5. The van der Waals surface area contributed by atoms with Crippen LogP contribution in [0.15, 0.2) is 12.2 Å². The predicted octanol–water partition coefficient (Wildman–Crippen LogP) is 0.199. The summed E-state index contributed by atoms with van der Waals surface area (Å²) in [4.78, 5) is 0. The van der Waals surface area contributed by atoms with Crippen LogP contribution in [-0.4, -0.2) is 138 Å². The fourth-order valence-electron chi connectivity index (χ4n) is 11.4. The van der Waals surface area contributed by atoms with E-state index < -0.39 is 89.9 Å². The van der Waals surface area contributed by atoms with E-state index in [2.05, 4.69) is 26.8 Å². The summed E-state index contributed by atoms with van der Waals surface area (Å²) in [5, 5.41) is 97.0. The smallest absolute Gasteiger partial charge is 0.186 e. The highest BCUT2D eigenvalue weighted by molar-refractivity contribution is 5.21. The lowest BCUT2D eigenvalue weighted by atomic mass is 9.42. The molecule has 2 heterocycles. The fraction of sp³-hybridized carbons (Fsp3) is 0.946. The molecule has 4 aliphatic carbocycles. The SMILES string of the molecule is CC(C)[C@H](/C=C/[C@@H](C)[C@H]1C[C@@H](O)[C@@H]2[C@]1(C)CC[C@@H]1[C@@]3(C)CC[C@H](O[C@@H]4OC[C@@H](O)[C@H](O)[C@H]4O)C[C@@H]3[C@@H](O)C[C@]12O)O[C@@H]1OC[C@@H](O)[C@H](O)[C@H]1O. The van der Waals surface area contributed by atoms with Crippen LogP contribution in [0.5, 0.6) is 0 Å². The van der Waals surface area contributed by atoms with Crippen molar-refractivity contribution in [2.75, 3.05) is 13.2 Å². The van der Waals surface area contributed by atoms with Gasteiger partial charge < -0.3 is 64.9 Å². The van der Waals surface area contributed by atoms with Crippen molar-refractivity contribution in [3.63, 3.8) is 0 Å². The molecule has 0 aromatic carbocycles. The number of rotatable bonds is 8. The maximum atomic E-state index is 12.8. The molecule has 0 radical (unpaired) electrons. The molecule has 0 aromatic rings. The van der Waals surface area contributed by atoms with Gasteiger partial charge in [-0.2, -0.15) is 0 Å². The van der Waals surface area contributed by atoms with Gasteiger partial charge in [-0.25, -0.2) is 0 Å². The summed E-state index contributed by atoms with van der Waals surface area (Å²) in [6.45, 7) is 10.1. The maximum Gasteiger partial charge on any atom is 0.186 e. The molecule has 4 saturated carbocycles. The first-order valence-corrected chi connectivity index (χ1v) is 18.8. The van der Waals surface area contributed by atoms with Crippen LogP contribution in [-0.2, 0) is 18.9 Å². The van der Waals surface area contributed by atoms with Gasteiger partial charge in [0.25, 0.3) is 0 Å². The van der Waals surface area contributed by atoms with Crippen molar-refractivity contribution in [2.24, 2.45) is 46.3 Å². The van der Waals surface area contributed by atoms with Crippen LogP contribution < -0.4 is 0 Å². The summed E-state index contributed by atoms with van der Waals surface area (Å²) < 4.78 is 23.2. The van der Waals surface area contributed by atoms with E-state index in [1.165, 1.54) is 0 Å². The number of fused-ring (bicyclic) bond motifs is 5. The molecular weight excluding hydrogens is 652 g/mol. The van der Waals surface area contributed by atoms with Gasteiger partial charge in [0, 0.05) is 12.3 Å². The summed E-state index contributed by atoms with van der Waals surface area (Å²) in [7, 11) is 0. The highest BCUT2D eigenvalue weighted by Crippen LogP contribution is 2.69. The summed E-state index contributed by atoms with van der Waals surface area (Å²) in [6.07, 6.45) is -4.31. The Morgan fingerprint density at radius 2 is 1.30 bits per heavy atom. The number of hydrogen-bond donors (Lipinski definition) is 9. The molecule has 6 aliphatic rings. The van der Waals surface area contributed by atoms with E-state index >= 15 is 0 Å². The van der Waals surface area contributed by atoms with Gasteiger partial charge in [-0.05, 0) is 78.9 Å². The normalized spacial score (nSPS) is 53.9. The van der Waals surface area contributed by atoms with Crippen molar-refractivity contribution in [1.29, 1.82) is 0 Å². The van der Waals surface area contributed by atoms with Gasteiger partial charge in [0.2, 0.25) is 0 Å². The largest absolute Gasteiger partial charge is 0.393 e. The van der Waals surface area contributed by atoms with Gasteiger partial charge >= 0.3 is 0 Å². The Hall–Kier alpha value is -0.780. The Bertz CT molecular complexity index is 1200. The lowest BCUT2D eigenvalue weighted by molar-refractivity contribution is -0.300. The third kappa shape index (κ3) is 6.64. The molecule has 50 heavy (non-hydrogen) atoms. The Balaban J connectivity index is 1.15. The second-order valence-electron chi connectivity index (χ2n) is 17.5. The number of hydrogen-bond acceptors (Lipinski definition) is 13. The van der Waals surface area contributed by atoms with E-state index in [1.807, 2.05) is 19.9 Å². The minimum Gasteiger partial charge on any atom is -0.393 e. The highest BCUT2D eigenvalue weighted by atomic mass is 16.7. The molecule has 2 saturated heterocycles. The molecule has 0 bridgehead atoms. The van der Waals surface area contributed by atoms with Crippen LogP contribution in [0.1, 0.15) is 79.6 Å². The van der Waals surface area contributed by atoms with Crippen molar-refractivity contribution in [3.8, 4) is 0 Å². The molecule has 20 atom stereocenters. The summed E-state index contributed by atoms with van der Waals surface area (Å²) in [5.41, 5.74) is -2.07. The first kappa shape index (κ1) is 38.9. The van der Waals surface area contributed by atoms with E-state index in [-0.39, 0.29) is 55.3 Å². The Labute approximate surface area is 295 Å². The van der Waals surface area contributed by atoms with E-state index in [0.29, 0.717) is 25.7 Å². The second kappa shape index (κ2) is 14.5. The molecule has 288 valence electrons. The van der Waals surface area contributed by atoms with E-state index in [4.69, 9.17) is 18.9 Å². The van der Waals surface area contributed by atoms with E-state index in [0.717, 1.165) is 12.8 Å². The zero-order chi connectivity index (χ0) is 36.5. The molecule has 2 aliphatic heterocycles. The minimum atomic E-state index is -1.39. The topological polar surface area (TPSA) is 219 Å². The lowest BCUT2D eigenvalue weighted by Crippen LogP contribution is -2.68. The molecule has 6 fully saturated rings. The predicted molar refractivity (Wildman–Crippen MR) is 178 cm³/mol. The number of ether oxygens (including phenoxy) is 4. The molecule has 0 amide bonds. The van der Waals surface area contributed by atoms with Crippen molar-refractivity contribution in [3.05, 3.63) is 12.2 Å². The molecule has 9 N–H and O–H groups in total. The van der Waals surface area contributed by atoms with Gasteiger partial charge in [0.05, 0.1) is 43.2 Å². The van der Waals surface area contributed by atoms with E-state index in [9.17, 15) is 46.0 Å². The lowest BCUT2D eigenvalue weighted by Gasteiger charge is -2.66. The highest BCUT2D eigenvalue weighted by Gasteiger charge is 2.70. The number of aliphatic hydroxyl groups excluding tert-OH is 8. The van der Waals surface area contributed by atoms with Crippen molar-refractivity contribution < 1.29 is 64.9 Å². The summed E-state index contributed by atoms with van der Waals surface area (Å²) in [6, 6.07) is 0. The van der Waals surface area contributed by atoms with Crippen LogP contribution in [0.4, 0.5) is 0 Å². The molecule has 13 heteroatoms. The van der Waals surface area contributed by atoms with Crippen molar-refractivity contribution in [1.82, 2.24) is 0 Å². The average Bonchev–Trinajstić information content (AvgIpc) is 3.34. The first-order chi connectivity index (χ1) is 23.4. The first-order valence-electron chi connectivity index (χ1n) is 18.8. The molecule has 0 spiro atoms. The van der Waals surface area contributed by atoms with Crippen LogP contribution in [0.25, 0.3) is 0 Å². The molecule has 6 rings (SSSR count). The van der Waals surface area contributed by atoms with Crippen LogP contribution in [0.3, 0.4) is 0 Å². The molecule has 13 nitrogen and oxygen atoms in total. The maximum absolute atomic E-state index is 12.8.